The summed E-state index contributed by atoms with van der Waals surface area (Å²) in [4.78, 5) is 0. The van der Waals surface area contributed by atoms with E-state index in [1.54, 1.807) is 38.5 Å². The largest absolute Gasteiger partial charge is 0.497 e. The molecule has 0 aromatic heterocycles. The molecule has 18 heavy (non-hydrogen) atoms. The fourth-order valence-electron chi connectivity index (χ4n) is 1.82. The SMILES string of the molecule is COc1ccc(P2(=O)NCCC(OC)CO2)cc1. The van der Waals surface area contributed by atoms with Crippen LogP contribution in [0.25, 0.3) is 0 Å². The molecule has 0 radical (unpaired) electrons. The van der Waals surface area contributed by atoms with Crippen LogP contribution in [0.5, 0.6) is 5.75 Å². The molecule has 1 aromatic carbocycles. The quantitative estimate of drug-likeness (QED) is 0.845. The Hall–Kier alpha value is -0.870. The minimum absolute atomic E-state index is 0.00780. The highest BCUT2D eigenvalue weighted by molar-refractivity contribution is 7.65. The lowest BCUT2D eigenvalue weighted by Gasteiger charge is -2.17. The second-order valence-electron chi connectivity index (χ2n) is 4.10. The van der Waals surface area contributed by atoms with Crippen molar-refractivity contribution < 1.29 is 18.6 Å². The maximum Gasteiger partial charge on any atom is 0.299 e. The van der Waals surface area contributed by atoms with Gasteiger partial charge in [-0.3, -0.25) is 4.57 Å². The average Bonchev–Trinajstić information content (AvgIpc) is 2.61. The first-order valence-electron chi connectivity index (χ1n) is 5.85. The van der Waals surface area contributed by atoms with Crippen LogP contribution in [0.1, 0.15) is 6.42 Å². The lowest BCUT2D eigenvalue weighted by atomic mass is 10.3. The van der Waals surface area contributed by atoms with E-state index < -0.39 is 7.52 Å². The molecule has 5 nitrogen and oxygen atoms in total. The van der Waals surface area contributed by atoms with E-state index in [1.165, 1.54) is 0 Å². The van der Waals surface area contributed by atoms with Gasteiger partial charge in [0.05, 0.1) is 25.1 Å². The number of benzene rings is 1. The number of nitrogens with one attached hydrogen (secondary N) is 1. The molecule has 0 amide bonds. The van der Waals surface area contributed by atoms with Crippen LogP contribution in [-0.2, 0) is 13.8 Å². The molecular weight excluding hydrogens is 253 g/mol. The lowest BCUT2D eigenvalue weighted by molar-refractivity contribution is 0.0605. The Kier molecular flexibility index (Phi) is 4.40. The number of rotatable bonds is 3. The molecule has 1 fully saturated rings. The zero-order valence-electron chi connectivity index (χ0n) is 10.6. The summed E-state index contributed by atoms with van der Waals surface area (Å²) in [6.07, 6.45) is 0.781. The topological polar surface area (TPSA) is 56.8 Å². The summed E-state index contributed by atoms with van der Waals surface area (Å²) in [7, 11) is 0.259. The molecule has 2 unspecified atom stereocenters. The highest BCUT2D eigenvalue weighted by atomic mass is 31.2. The van der Waals surface area contributed by atoms with Crippen molar-refractivity contribution in [3.8, 4) is 5.75 Å². The molecule has 0 spiro atoms. The van der Waals surface area contributed by atoms with Crippen molar-refractivity contribution >= 4 is 12.8 Å². The van der Waals surface area contributed by atoms with Gasteiger partial charge in [0.15, 0.2) is 0 Å². The first-order chi connectivity index (χ1) is 8.68. The highest BCUT2D eigenvalue weighted by Gasteiger charge is 2.30. The van der Waals surface area contributed by atoms with Gasteiger partial charge in [0.2, 0.25) is 0 Å². The van der Waals surface area contributed by atoms with Gasteiger partial charge in [-0.05, 0) is 30.7 Å². The van der Waals surface area contributed by atoms with Crippen LogP contribution in [0.3, 0.4) is 0 Å². The van der Waals surface area contributed by atoms with Crippen molar-refractivity contribution in [3.63, 3.8) is 0 Å². The molecule has 1 aliphatic heterocycles. The van der Waals surface area contributed by atoms with E-state index in [0.717, 1.165) is 12.2 Å². The second-order valence-corrected chi connectivity index (χ2v) is 6.29. The lowest BCUT2D eigenvalue weighted by Crippen LogP contribution is -2.20. The average molecular weight is 271 g/mol. The summed E-state index contributed by atoms with van der Waals surface area (Å²) in [5.74, 6) is 0.731. The van der Waals surface area contributed by atoms with Crippen molar-refractivity contribution in [1.29, 1.82) is 0 Å². The Morgan fingerprint density at radius 3 is 2.67 bits per heavy atom. The summed E-state index contributed by atoms with van der Waals surface area (Å²) in [5, 5.41) is 3.64. The van der Waals surface area contributed by atoms with E-state index in [4.69, 9.17) is 14.0 Å². The third kappa shape index (κ3) is 2.93. The number of ether oxygens (including phenoxy) is 2. The summed E-state index contributed by atoms with van der Waals surface area (Å²) < 4.78 is 28.5. The fourth-order valence-corrected chi connectivity index (χ4v) is 3.58. The monoisotopic (exact) mass is 271 g/mol. The van der Waals surface area contributed by atoms with Gasteiger partial charge in [-0.2, -0.15) is 0 Å². The maximum absolute atomic E-state index is 12.7. The van der Waals surface area contributed by atoms with Crippen LogP contribution < -0.4 is 15.1 Å². The van der Waals surface area contributed by atoms with Gasteiger partial charge >= 0.3 is 0 Å². The molecule has 1 aromatic rings. The highest BCUT2D eigenvalue weighted by Crippen LogP contribution is 2.43. The zero-order valence-corrected chi connectivity index (χ0v) is 11.5. The third-order valence-electron chi connectivity index (χ3n) is 2.97. The Morgan fingerprint density at radius 2 is 2.06 bits per heavy atom. The first kappa shape index (κ1) is 13.6. The van der Waals surface area contributed by atoms with E-state index in [0.29, 0.717) is 18.5 Å². The fraction of sp³-hybridized carbons (Fsp3) is 0.500. The van der Waals surface area contributed by atoms with E-state index >= 15 is 0 Å². The molecule has 0 aliphatic carbocycles. The van der Waals surface area contributed by atoms with Crippen LogP contribution in [0, 0.1) is 0 Å². The zero-order chi connectivity index (χ0) is 13.0. The summed E-state index contributed by atoms with van der Waals surface area (Å²) >= 11 is 0. The van der Waals surface area contributed by atoms with Crippen molar-refractivity contribution in [2.75, 3.05) is 27.4 Å². The van der Waals surface area contributed by atoms with Crippen molar-refractivity contribution in [1.82, 2.24) is 5.09 Å². The van der Waals surface area contributed by atoms with E-state index in [-0.39, 0.29) is 6.10 Å². The Morgan fingerprint density at radius 1 is 1.33 bits per heavy atom. The normalized spacial score (nSPS) is 28.7. The van der Waals surface area contributed by atoms with Gasteiger partial charge in [-0.1, -0.05) is 0 Å². The van der Waals surface area contributed by atoms with Crippen LogP contribution in [0.15, 0.2) is 24.3 Å². The van der Waals surface area contributed by atoms with E-state index in [1.807, 2.05) is 0 Å². The Labute approximate surface area is 107 Å². The predicted octanol–water partition coefficient (Wildman–Crippen LogP) is 1.54. The van der Waals surface area contributed by atoms with Gasteiger partial charge in [-0.25, -0.2) is 5.09 Å². The minimum atomic E-state index is -2.98. The molecular formula is C12H18NO4P. The van der Waals surface area contributed by atoms with Gasteiger partial charge in [0.25, 0.3) is 7.52 Å². The van der Waals surface area contributed by atoms with E-state index in [9.17, 15) is 4.57 Å². The van der Waals surface area contributed by atoms with Gasteiger partial charge in [-0.15, -0.1) is 0 Å². The van der Waals surface area contributed by atoms with Crippen molar-refractivity contribution in [3.05, 3.63) is 24.3 Å². The molecule has 2 atom stereocenters. The molecule has 1 aliphatic rings. The van der Waals surface area contributed by atoms with Gasteiger partial charge in [0, 0.05) is 13.7 Å². The Bertz CT molecular complexity index is 434. The van der Waals surface area contributed by atoms with Crippen molar-refractivity contribution in [2.24, 2.45) is 0 Å². The maximum atomic E-state index is 12.7. The van der Waals surface area contributed by atoms with E-state index in [2.05, 4.69) is 5.09 Å². The van der Waals surface area contributed by atoms with Gasteiger partial charge < -0.3 is 14.0 Å². The second kappa shape index (κ2) is 5.85. The van der Waals surface area contributed by atoms with Crippen LogP contribution in [0.2, 0.25) is 0 Å². The molecule has 100 valence electrons. The molecule has 6 heteroatoms. The summed E-state index contributed by atoms with van der Waals surface area (Å²) in [6, 6.07) is 7.08. The third-order valence-corrected chi connectivity index (χ3v) is 5.10. The molecule has 1 heterocycles. The smallest absolute Gasteiger partial charge is 0.299 e. The minimum Gasteiger partial charge on any atom is -0.497 e. The molecule has 1 N–H and O–H groups in total. The molecule has 0 bridgehead atoms. The van der Waals surface area contributed by atoms with Crippen LogP contribution >= 0.6 is 7.52 Å². The van der Waals surface area contributed by atoms with Crippen LogP contribution in [-0.4, -0.2) is 33.5 Å². The Balaban J connectivity index is 2.16. The number of hydrogen-bond acceptors (Lipinski definition) is 4. The van der Waals surface area contributed by atoms with Crippen LogP contribution in [0.4, 0.5) is 0 Å². The molecule has 1 saturated heterocycles. The molecule has 0 saturated carbocycles. The predicted molar refractivity (Wildman–Crippen MR) is 69.6 cm³/mol. The summed E-state index contributed by atoms with van der Waals surface area (Å²) in [5.41, 5.74) is 0. The molecule has 2 rings (SSSR count). The van der Waals surface area contributed by atoms with Gasteiger partial charge in [0.1, 0.15) is 5.75 Å². The number of hydrogen-bond donors (Lipinski definition) is 1. The first-order valence-corrected chi connectivity index (χ1v) is 7.47. The van der Waals surface area contributed by atoms with Crippen molar-refractivity contribution in [2.45, 2.75) is 12.5 Å². The number of methoxy groups -OCH3 is 2. The summed E-state index contributed by atoms with van der Waals surface area (Å²) in [6.45, 7) is 0.953. The standard InChI is InChI=1S/C12H18NO4P/c1-15-10-3-5-12(6-4-10)18(14)13-8-7-11(16-2)9-17-18/h3-6,11H,7-9H2,1-2H3,(H,13,14).